The van der Waals surface area contributed by atoms with E-state index in [9.17, 15) is 18.5 Å². The number of nitrogens with one attached hydrogen (secondary N) is 2. The zero-order valence-electron chi connectivity index (χ0n) is 17.8. The van der Waals surface area contributed by atoms with E-state index < -0.39 is 15.6 Å². The largest absolute Gasteiger partial charge is 0.326 e. The van der Waals surface area contributed by atoms with Crippen molar-refractivity contribution in [3.63, 3.8) is 0 Å². The van der Waals surface area contributed by atoms with Crippen LogP contribution in [-0.4, -0.2) is 49.4 Å². The molecule has 2 N–H and O–H groups in total. The predicted octanol–water partition coefficient (Wildman–Crippen LogP) is 2.42. The first kappa shape index (κ1) is 20.9. The monoisotopic (exact) mass is 474 g/mol. The number of fused-ring (bicyclic) bond motifs is 1. The van der Waals surface area contributed by atoms with E-state index in [1.54, 1.807) is 23.1 Å². The molecule has 0 aromatic heterocycles. The van der Waals surface area contributed by atoms with Gasteiger partial charge in [-0.15, -0.1) is 0 Å². The van der Waals surface area contributed by atoms with Crippen LogP contribution in [0.4, 0.5) is 0 Å². The molecule has 2 bridgehead atoms. The van der Waals surface area contributed by atoms with Crippen LogP contribution in [0.5, 0.6) is 0 Å². The molecule has 6 atom stereocenters. The number of carbonyl (C=O) groups is 1. The van der Waals surface area contributed by atoms with Crippen molar-refractivity contribution in [1.82, 2.24) is 14.9 Å². The maximum Gasteiger partial charge on any atom is 0.241 e. The smallest absolute Gasteiger partial charge is 0.241 e. The lowest BCUT2D eigenvalue weighted by Crippen LogP contribution is -2.86. The second-order valence-corrected chi connectivity index (χ2v) is 12.6. The van der Waals surface area contributed by atoms with Gasteiger partial charge < -0.3 is 10.2 Å². The molecule has 1 spiro atoms. The molecular formula is C23H27ClN4O3S. The third kappa shape index (κ3) is 2.54. The van der Waals surface area contributed by atoms with Crippen molar-refractivity contribution in [2.75, 3.05) is 13.1 Å². The fraction of sp³-hybridized carbons (Fsp3) is 0.652. The van der Waals surface area contributed by atoms with Crippen LogP contribution in [-0.2, 0) is 14.8 Å². The van der Waals surface area contributed by atoms with Crippen LogP contribution in [0.1, 0.15) is 44.9 Å². The molecular weight excluding hydrogens is 448 g/mol. The molecule has 1 saturated heterocycles. The number of rotatable bonds is 6. The minimum absolute atomic E-state index is 0.0181. The molecule has 1 heterocycles. The number of carbonyl (C=O) groups excluding carboxylic acids is 1. The first-order valence-electron chi connectivity index (χ1n) is 11.5. The Balaban J connectivity index is 1.23. The van der Waals surface area contributed by atoms with Crippen molar-refractivity contribution in [1.29, 1.82) is 5.26 Å². The van der Waals surface area contributed by atoms with E-state index in [1.165, 1.54) is 6.07 Å². The second-order valence-electron chi connectivity index (χ2n) is 10.5. The highest BCUT2D eigenvalue weighted by Gasteiger charge is 2.87. The van der Waals surface area contributed by atoms with Gasteiger partial charge in [0.15, 0.2) is 0 Å². The standard InChI is InChI=1S/C23H27ClN4O3S/c24-17-3-1-5-19(7-17)32(30,31)27-22-9-15-8-21(11-16(12-22)23(21,22)10-15)26-14-20(29)28-6-2-4-18(28)13-25/h1,3,5,7,15-16,18,26-27H,2,4,6,8-12,14H2/t15?,16?,18-,21?,22?,23?/m0/s1. The number of sulfonamides is 1. The summed E-state index contributed by atoms with van der Waals surface area (Å²) < 4.78 is 29.6. The third-order valence-corrected chi connectivity index (χ3v) is 11.0. The zero-order chi connectivity index (χ0) is 22.4. The van der Waals surface area contributed by atoms with E-state index in [0.29, 0.717) is 23.4 Å². The molecule has 4 saturated carbocycles. The maximum absolute atomic E-state index is 13.3. The van der Waals surface area contributed by atoms with E-state index in [2.05, 4.69) is 16.1 Å². The van der Waals surface area contributed by atoms with Crippen LogP contribution >= 0.6 is 11.6 Å². The quantitative estimate of drug-likeness (QED) is 0.659. The number of amides is 1. The summed E-state index contributed by atoms with van der Waals surface area (Å²) in [6.45, 7) is 0.863. The summed E-state index contributed by atoms with van der Waals surface area (Å²) in [5, 5.41) is 13.3. The maximum atomic E-state index is 13.3. The molecule has 6 rings (SSSR count). The van der Waals surface area contributed by atoms with Gasteiger partial charge in [0.2, 0.25) is 15.9 Å². The molecule has 5 aliphatic rings. The molecule has 32 heavy (non-hydrogen) atoms. The molecule has 4 aliphatic carbocycles. The number of nitriles is 1. The lowest BCUT2D eigenvalue weighted by molar-refractivity contribution is -0.226. The van der Waals surface area contributed by atoms with Gasteiger partial charge in [-0.25, -0.2) is 13.1 Å². The summed E-state index contributed by atoms with van der Waals surface area (Å²) >= 11 is 6.05. The van der Waals surface area contributed by atoms with Gasteiger partial charge in [0.05, 0.1) is 17.5 Å². The summed E-state index contributed by atoms with van der Waals surface area (Å²) in [5.41, 5.74) is -0.748. The van der Waals surface area contributed by atoms with E-state index in [0.717, 1.165) is 44.9 Å². The summed E-state index contributed by atoms with van der Waals surface area (Å²) in [7, 11) is -3.69. The van der Waals surface area contributed by atoms with E-state index in [4.69, 9.17) is 11.6 Å². The molecule has 170 valence electrons. The highest BCUT2D eigenvalue weighted by atomic mass is 35.5. The first-order valence-corrected chi connectivity index (χ1v) is 13.3. The fourth-order valence-electron chi connectivity index (χ4n) is 8.32. The van der Waals surface area contributed by atoms with Gasteiger partial charge >= 0.3 is 0 Å². The summed E-state index contributed by atoms with van der Waals surface area (Å²) in [5.74, 6) is 0.944. The molecule has 1 aliphatic heterocycles. The van der Waals surface area contributed by atoms with Crippen molar-refractivity contribution in [3.05, 3.63) is 29.3 Å². The Kier molecular flexibility index (Phi) is 4.37. The summed E-state index contributed by atoms with van der Waals surface area (Å²) in [6.07, 6.45) is 6.36. The van der Waals surface area contributed by atoms with Crippen molar-refractivity contribution >= 4 is 27.5 Å². The molecule has 0 radical (unpaired) electrons. The molecule has 5 fully saturated rings. The van der Waals surface area contributed by atoms with Gasteiger partial charge in [-0.1, -0.05) is 17.7 Å². The molecule has 1 aromatic carbocycles. The Morgan fingerprint density at radius 1 is 1.22 bits per heavy atom. The lowest BCUT2D eigenvalue weighted by atomic mass is 9.32. The van der Waals surface area contributed by atoms with Crippen molar-refractivity contribution < 1.29 is 13.2 Å². The molecule has 5 unspecified atom stereocenters. The van der Waals surface area contributed by atoms with Crippen LogP contribution in [0.25, 0.3) is 0 Å². The Morgan fingerprint density at radius 3 is 2.75 bits per heavy atom. The highest BCUT2D eigenvalue weighted by Crippen LogP contribution is 2.84. The van der Waals surface area contributed by atoms with Gasteiger partial charge in [0.25, 0.3) is 0 Å². The number of hydrogen-bond donors (Lipinski definition) is 2. The van der Waals surface area contributed by atoms with Gasteiger partial charge in [-0.05, 0) is 75.0 Å². The number of nitrogens with zero attached hydrogens (tertiary/aromatic N) is 2. The highest BCUT2D eigenvalue weighted by molar-refractivity contribution is 7.89. The van der Waals surface area contributed by atoms with Crippen LogP contribution in [0.15, 0.2) is 29.2 Å². The van der Waals surface area contributed by atoms with Gasteiger partial charge in [-0.3, -0.25) is 4.79 Å². The molecule has 9 heteroatoms. The SMILES string of the molecule is N#C[C@@H]1CCCN1C(=O)CNC12CC3CC4(NS(=O)(=O)c5cccc(Cl)c5)CC(C1)C24C3. The minimum atomic E-state index is -3.69. The van der Waals surface area contributed by atoms with E-state index in [-0.39, 0.29) is 34.3 Å². The molecule has 7 nitrogen and oxygen atoms in total. The van der Waals surface area contributed by atoms with Gasteiger partial charge in [0.1, 0.15) is 6.04 Å². The van der Waals surface area contributed by atoms with Crippen LogP contribution < -0.4 is 10.0 Å². The number of benzene rings is 1. The number of likely N-dealkylation sites (tertiary alicyclic amines) is 1. The Hall–Kier alpha value is -1.66. The van der Waals surface area contributed by atoms with Crippen LogP contribution in [0.3, 0.4) is 0 Å². The van der Waals surface area contributed by atoms with Gasteiger partial charge in [0, 0.05) is 28.1 Å². The summed E-state index contributed by atoms with van der Waals surface area (Å²) in [4.78, 5) is 14.8. The Labute approximate surface area is 193 Å². The fourth-order valence-corrected chi connectivity index (χ4v) is 10.1. The average molecular weight is 475 g/mol. The van der Waals surface area contributed by atoms with Crippen LogP contribution in [0, 0.1) is 28.6 Å². The van der Waals surface area contributed by atoms with Crippen molar-refractivity contribution in [3.8, 4) is 6.07 Å². The number of halogens is 1. The first-order chi connectivity index (χ1) is 15.2. The van der Waals surface area contributed by atoms with E-state index >= 15 is 0 Å². The van der Waals surface area contributed by atoms with Crippen molar-refractivity contribution in [2.24, 2.45) is 17.3 Å². The topological polar surface area (TPSA) is 102 Å². The number of hydrogen-bond acceptors (Lipinski definition) is 5. The van der Waals surface area contributed by atoms with Crippen molar-refractivity contribution in [2.45, 2.75) is 67.0 Å². The van der Waals surface area contributed by atoms with E-state index in [1.807, 2.05) is 0 Å². The minimum Gasteiger partial charge on any atom is -0.326 e. The predicted molar refractivity (Wildman–Crippen MR) is 118 cm³/mol. The lowest BCUT2D eigenvalue weighted by Gasteiger charge is -2.77. The average Bonchev–Trinajstić information content (AvgIpc) is 3.39. The molecule has 1 aromatic rings. The van der Waals surface area contributed by atoms with Crippen LogP contribution in [0.2, 0.25) is 5.02 Å². The second kappa shape index (κ2) is 6.69. The summed E-state index contributed by atoms with van der Waals surface area (Å²) in [6, 6.07) is 8.32. The normalized spacial score (nSPS) is 41.0. The third-order valence-electron chi connectivity index (χ3n) is 9.22. The molecule has 1 amide bonds. The Morgan fingerprint density at radius 2 is 2.00 bits per heavy atom. The Bertz CT molecular complexity index is 1150. The zero-order valence-corrected chi connectivity index (χ0v) is 19.4. The van der Waals surface area contributed by atoms with Gasteiger partial charge in [-0.2, -0.15) is 5.26 Å².